The molecule has 2 heterocycles. The molecule has 0 amide bonds. The predicted molar refractivity (Wildman–Crippen MR) is 102 cm³/mol. The van der Waals surface area contributed by atoms with Gasteiger partial charge in [0.15, 0.2) is 0 Å². The van der Waals surface area contributed by atoms with Crippen molar-refractivity contribution in [3.05, 3.63) is 64.5 Å². The third kappa shape index (κ3) is 2.86. The lowest BCUT2D eigenvalue weighted by Gasteiger charge is -2.42. The maximum Gasteiger partial charge on any atom is 0.145 e. The van der Waals surface area contributed by atoms with E-state index in [1.165, 1.54) is 17.2 Å². The molecule has 1 saturated heterocycles. The summed E-state index contributed by atoms with van der Waals surface area (Å²) in [5, 5.41) is 11.4. The second kappa shape index (κ2) is 6.61. The van der Waals surface area contributed by atoms with Gasteiger partial charge in [0.25, 0.3) is 0 Å². The van der Waals surface area contributed by atoms with Gasteiger partial charge in [0.05, 0.1) is 6.61 Å². The van der Waals surface area contributed by atoms with Crippen molar-refractivity contribution in [1.82, 2.24) is 4.90 Å². The van der Waals surface area contributed by atoms with Crippen LogP contribution in [0, 0.1) is 5.82 Å². The molecule has 2 aromatic carbocycles. The molecule has 142 valence electrons. The second-order valence-corrected chi connectivity index (χ2v) is 8.17. The Kier molecular flexibility index (Phi) is 4.21. The van der Waals surface area contributed by atoms with Gasteiger partial charge in [-0.25, -0.2) is 4.39 Å². The first-order valence-corrected chi connectivity index (χ1v) is 10.2. The van der Waals surface area contributed by atoms with Crippen molar-refractivity contribution in [3.8, 4) is 5.75 Å². The average Bonchev–Trinajstić information content (AvgIpc) is 3.05. The number of likely N-dealkylation sites (tertiary alicyclic amines) is 1. The van der Waals surface area contributed by atoms with Crippen molar-refractivity contribution < 1.29 is 14.2 Å². The Morgan fingerprint density at radius 3 is 2.78 bits per heavy atom. The smallest absolute Gasteiger partial charge is 0.145 e. The molecule has 5 rings (SSSR count). The molecule has 3 aliphatic rings. The van der Waals surface area contributed by atoms with Crippen molar-refractivity contribution in [3.63, 3.8) is 0 Å². The topological polar surface area (TPSA) is 32.7 Å². The van der Waals surface area contributed by atoms with Gasteiger partial charge >= 0.3 is 0 Å². The fraction of sp³-hybridized carbons (Fsp3) is 0.478. The number of aliphatic hydroxyl groups is 1. The molecule has 0 aromatic heterocycles. The van der Waals surface area contributed by atoms with Crippen molar-refractivity contribution in [2.24, 2.45) is 0 Å². The summed E-state index contributed by atoms with van der Waals surface area (Å²) in [6.45, 7) is 2.51. The van der Waals surface area contributed by atoms with Gasteiger partial charge in [-0.2, -0.15) is 0 Å². The summed E-state index contributed by atoms with van der Waals surface area (Å²) < 4.78 is 19.5. The summed E-state index contributed by atoms with van der Waals surface area (Å²) in [5.74, 6) is 1.38. The molecule has 1 unspecified atom stereocenters. The van der Waals surface area contributed by atoms with Gasteiger partial charge in [-0.1, -0.05) is 24.3 Å². The average molecular weight is 367 g/mol. The van der Waals surface area contributed by atoms with Crippen LogP contribution < -0.4 is 4.74 Å². The molecule has 3 nitrogen and oxygen atoms in total. The van der Waals surface area contributed by atoms with Crippen LogP contribution in [0.15, 0.2) is 36.4 Å². The van der Waals surface area contributed by atoms with E-state index in [0.717, 1.165) is 68.7 Å². The van der Waals surface area contributed by atoms with Crippen molar-refractivity contribution in [2.45, 2.75) is 50.2 Å². The van der Waals surface area contributed by atoms with Gasteiger partial charge in [-0.15, -0.1) is 0 Å². The highest BCUT2D eigenvalue weighted by molar-refractivity contribution is 5.45. The fourth-order valence-electron chi connectivity index (χ4n) is 5.23. The number of hydrogen-bond donors (Lipinski definition) is 1. The van der Waals surface area contributed by atoms with E-state index in [4.69, 9.17) is 4.74 Å². The Morgan fingerprint density at radius 1 is 1.07 bits per heavy atom. The summed E-state index contributed by atoms with van der Waals surface area (Å²) in [6.07, 6.45) is 5.62. The quantitative estimate of drug-likeness (QED) is 0.867. The molecule has 2 aromatic rings. The zero-order valence-corrected chi connectivity index (χ0v) is 15.6. The standard InChI is InChI=1S/C23H26FNO2/c24-19-6-7-21-18(15-19)8-11-23(21,26)25-12-9-16(10-13-25)20-5-1-3-17-4-2-14-27-22(17)20/h1,3,5-7,15-16,26H,2,4,8-14H2. The number of piperidine rings is 1. The second-order valence-electron chi connectivity index (χ2n) is 8.17. The van der Waals surface area contributed by atoms with Gasteiger partial charge in [0.1, 0.15) is 17.3 Å². The lowest BCUT2D eigenvalue weighted by Crippen LogP contribution is -2.48. The van der Waals surface area contributed by atoms with E-state index in [9.17, 15) is 9.50 Å². The highest BCUT2D eigenvalue weighted by atomic mass is 19.1. The Morgan fingerprint density at radius 2 is 1.93 bits per heavy atom. The van der Waals surface area contributed by atoms with Gasteiger partial charge in [0.2, 0.25) is 0 Å². The van der Waals surface area contributed by atoms with Crippen molar-refractivity contribution in [1.29, 1.82) is 0 Å². The number of fused-ring (bicyclic) bond motifs is 2. The normalized spacial score (nSPS) is 25.7. The van der Waals surface area contributed by atoms with Gasteiger partial charge < -0.3 is 9.84 Å². The van der Waals surface area contributed by atoms with E-state index in [0.29, 0.717) is 12.3 Å². The first-order valence-electron chi connectivity index (χ1n) is 10.2. The van der Waals surface area contributed by atoms with Crippen LogP contribution in [-0.4, -0.2) is 29.7 Å². The highest BCUT2D eigenvalue weighted by Crippen LogP contribution is 2.44. The number of halogens is 1. The minimum Gasteiger partial charge on any atom is -0.493 e. The molecule has 0 radical (unpaired) electrons. The van der Waals surface area contributed by atoms with Crippen LogP contribution >= 0.6 is 0 Å². The summed E-state index contributed by atoms with van der Waals surface area (Å²) in [6, 6.07) is 11.4. The third-order valence-electron chi connectivity index (χ3n) is 6.66. The molecule has 0 spiro atoms. The first-order chi connectivity index (χ1) is 13.1. The largest absolute Gasteiger partial charge is 0.493 e. The number of para-hydroxylation sites is 1. The minimum atomic E-state index is -0.944. The molecule has 1 N–H and O–H groups in total. The van der Waals surface area contributed by atoms with Crippen molar-refractivity contribution in [2.75, 3.05) is 19.7 Å². The minimum absolute atomic E-state index is 0.217. The lowest BCUT2D eigenvalue weighted by atomic mass is 9.85. The van der Waals surface area contributed by atoms with Crippen LogP contribution in [-0.2, 0) is 18.6 Å². The van der Waals surface area contributed by atoms with Gasteiger partial charge in [0, 0.05) is 18.7 Å². The maximum absolute atomic E-state index is 13.5. The molecule has 1 atom stereocenters. The van der Waals surface area contributed by atoms with Gasteiger partial charge in [-0.05, 0) is 73.3 Å². The predicted octanol–water partition coefficient (Wildman–Crippen LogP) is 4.12. The van der Waals surface area contributed by atoms with E-state index in [1.54, 1.807) is 12.1 Å². The molecule has 0 bridgehead atoms. The highest BCUT2D eigenvalue weighted by Gasteiger charge is 2.43. The van der Waals surface area contributed by atoms with E-state index in [-0.39, 0.29) is 5.82 Å². The van der Waals surface area contributed by atoms with E-state index in [2.05, 4.69) is 23.1 Å². The lowest BCUT2D eigenvalue weighted by molar-refractivity contribution is -0.123. The first kappa shape index (κ1) is 17.2. The fourth-order valence-corrected chi connectivity index (χ4v) is 5.23. The van der Waals surface area contributed by atoms with E-state index < -0.39 is 5.72 Å². The van der Waals surface area contributed by atoms with E-state index in [1.807, 2.05) is 0 Å². The van der Waals surface area contributed by atoms with Crippen LogP contribution in [0.4, 0.5) is 4.39 Å². The van der Waals surface area contributed by atoms with E-state index >= 15 is 0 Å². The number of ether oxygens (including phenoxy) is 1. The Balaban J connectivity index is 1.35. The van der Waals surface area contributed by atoms with Crippen LogP contribution in [0.25, 0.3) is 0 Å². The molecule has 1 fully saturated rings. The SMILES string of the molecule is OC1(N2CCC(c3cccc4c3OCCC4)CC2)CCc2cc(F)ccc21. The van der Waals surface area contributed by atoms with Crippen LogP contribution in [0.2, 0.25) is 0 Å². The Hall–Kier alpha value is -1.91. The molecule has 2 aliphatic heterocycles. The molecule has 0 saturated carbocycles. The molecular formula is C23H26FNO2. The Bertz CT molecular complexity index is 859. The monoisotopic (exact) mass is 367 g/mol. The molecule has 1 aliphatic carbocycles. The Labute approximate surface area is 159 Å². The summed E-state index contributed by atoms with van der Waals surface area (Å²) >= 11 is 0. The molecular weight excluding hydrogens is 341 g/mol. The molecule has 4 heteroatoms. The maximum atomic E-state index is 13.5. The number of nitrogens with zero attached hydrogens (tertiary/aromatic N) is 1. The zero-order chi connectivity index (χ0) is 18.4. The van der Waals surface area contributed by atoms with Gasteiger partial charge in [-0.3, -0.25) is 4.90 Å². The third-order valence-corrected chi connectivity index (χ3v) is 6.66. The van der Waals surface area contributed by atoms with Crippen LogP contribution in [0.3, 0.4) is 0 Å². The zero-order valence-electron chi connectivity index (χ0n) is 15.6. The van der Waals surface area contributed by atoms with Crippen LogP contribution in [0.5, 0.6) is 5.75 Å². The number of rotatable bonds is 2. The number of aryl methyl sites for hydroxylation is 2. The van der Waals surface area contributed by atoms with Crippen LogP contribution in [0.1, 0.15) is 53.9 Å². The summed E-state index contributed by atoms with van der Waals surface area (Å²) in [4.78, 5) is 2.20. The summed E-state index contributed by atoms with van der Waals surface area (Å²) in [7, 11) is 0. The number of benzene rings is 2. The van der Waals surface area contributed by atoms with Crippen molar-refractivity contribution >= 4 is 0 Å². The summed E-state index contributed by atoms with van der Waals surface area (Å²) in [5.41, 5.74) is 3.58. The molecule has 27 heavy (non-hydrogen) atoms. The number of hydrogen-bond acceptors (Lipinski definition) is 3.